The predicted molar refractivity (Wildman–Crippen MR) is 91.0 cm³/mol. The maximum Gasteiger partial charge on any atom is 0.269 e. The summed E-state index contributed by atoms with van der Waals surface area (Å²) in [5.74, 6) is 0.0903. The summed E-state index contributed by atoms with van der Waals surface area (Å²) in [7, 11) is 0. The Morgan fingerprint density at radius 3 is 2.62 bits per heavy atom. The number of nitrogens with zero attached hydrogens (tertiary/aromatic N) is 5. The molecule has 1 aromatic carbocycles. The van der Waals surface area contributed by atoms with E-state index in [2.05, 4.69) is 15.5 Å². The third-order valence-corrected chi connectivity index (χ3v) is 3.54. The molecule has 0 atom stereocenters. The molecule has 0 saturated heterocycles. The predicted octanol–water partition coefficient (Wildman–Crippen LogP) is 0.767. The molecule has 0 radical (unpaired) electrons. The van der Waals surface area contributed by atoms with E-state index in [1.807, 2.05) is 0 Å². The molecule has 3 aromatic rings. The molecule has 0 aliphatic rings. The second-order valence-electron chi connectivity index (χ2n) is 5.26. The summed E-state index contributed by atoms with van der Waals surface area (Å²) in [5, 5.41) is 21.5. The highest BCUT2D eigenvalue weighted by molar-refractivity contribution is 5.94. The summed E-state index contributed by atoms with van der Waals surface area (Å²) in [6, 6.07) is 9.93. The van der Waals surface area contributed by atoms with Crippen LogP contribution in [0.1, 0.15) is 10.4 Å². The molecule has 0 aliphatic carbocycles. The van der Waals surface area contributed by atoms with Crippen LogP contribution in [0.15, 0.2) is 59.7 Å². The second kappa shape index (κ2) is 7.38. The molecular weight excluding hydrogens is 340 g/mol. The minimum Gasteiger partial charge on any atom is -0.350 e. The average molecular weight is 354 g/mol. The van der Waals surface area contributed by atoms with Crippen molar-refractivity contribution in [3.63, 3.8) is 0 Å². The number of carbonyl (C=O) groups is 1. The molecule has 10 nitrogen and oxygen atoms in total. The van der Waals surface area contributed by atoms with Gasteiger partial charge in [0.15, 0.2) is 5.82 Å². The van der Waals surface area contributed by atoms with Gasteiger partial charge in [0.1, 0.15) is 0 Å². The summed E-state index contributed by atoms with van der Waals surface area (Å²) in [6.45, 7) is 0.345. The number of hydrogen-bond acceptors (Lipinski definition) is 6. The van der Waals surface area contributed by atoms with Crippen molar-refractivity contribution in [1.29, 1.82) is 0 Å². The van der Waals surface area contributed by atoms with E-state index < -0.39 is 10.8 Å². The van der Waals surface area contributed by atoms with E-state index in [4.69, 9.17) is 0 Å². The van der Waals surface area contributed by atoms with Crippen LogP contribution in [0.3, 0.4) is 0 Å². The highest BCUT2D eigenvalue weighted by Gasteiger charge is 2.09. The average Bonchev–Trinajstić information content (AvgIpc) is 3.18. The maximum atomic E-state index is 12.1. The van der Waals surface area contributed by atoms with Gasteiger partial charge in [0, 0.05) is 42.7 Å². The van der Waals surface area contributed by atoms with Gasteiger partial charge < -0.3 is 5.32 Å². The summed E-state index contributed by atoms with van der Waals surface area (Å²) in [4.78, 5) is 34.0. The lowest BCUT2D eigenvalue weighted by molar-refractivity contribution is -0.384. The zero-order valence-electron chi connectivity index (χ0n) is 13.5. The number of hydrogen-bond donors (Lipinski definition) is 1. The Morgan fingerprint density at radius 1 is 1.19 bits per heavy atom. The van der Waals surface area contributed by atoms with Crippen molar-refractivity contribution in [2.24, 2.45) is 0 Å². The molecule has 26 heavy (non-hydrogen) atoms. The molecule has 0 bridgehead atoms. The third kappa shape index (κ3) is 3.80. The van der Waals surface area contributed by atoms with E-state index in [-0.39, 0.29) is 24.3 Å². The molecule has 0 fully saturated rings. The minimum atomic E-state index is -0.535. The van der Waals surface area contributed by atoms with Gasteiger partial charge in [0.2, 0.25) is 0 Å². The van der Waals surface area contributed by atoms with E-state index in [1.165, 1.54) is 39.7 Å². The summed E-state index contributed by atoms with van der Waals surface area (Å²) in [5.41, 5.74) is -0.0978. The van der Waals surface area contributed by atoms with Crippen LogP contribution >= 0.6 is 0 Å². The molecular formula is C16H14N6O4. The van der Waals surface area contributed by atoms with Gasteiger partial charge in [-0.05, 0) is 24.3 Å². The first kappa shape index (κ1) is 17.0. The van der Waals surface area contributed by atoms with Crippen molar-refractivity contribution in [1.82, 2.24) is 24.9 Å². The van der Waals surface area contributed by atoms with Gasteiger partial charge >= 0.3 is 0 Å². The van der Waals surface area contributed by atoms with Gasteiger partial charge in [-0.3, -0.25) is 19.7 Å². The van der Waals surface area contributed by atoms with Crippen LogP contribution in [0.5, 0.6) is 0 Å². The normalized spacial score (nSPS) is 10.5. The number of nitro groups is 1. The van der Waals surface area contributed by atoms with Crippen LogP contribution in [0.2, 0.25) is 0 Å². The van der Waals surface area contributed by atoms with E-state index in [9.17, 15) is 19.7 Å². The van der Waals surface area contributed by atoms with Crippen LogP contribution < -0.4 is 10.9 Å². The van der Waals surface area contributed by atoms with Crippen LogP contribution in [0.4, 0.5) is 5.69 Å². The Morgan fingerprint density at radius 2 is 1.96 bits per heavy atom. The molecule has 10 heteroatoms. The molecule has 0 spiro atoms. The molecule has 132 valence electrons. The number of non-ortho nitro benzene ring substituents is 1. The quantitative estimate of drug-likeness (QED) is 0.515. The highest BCUT2D eigenvalue weighted by atomic mass is 16.6. The Labute approximate surface area is 146 Å². The number of carbonyl (C=O) groups excluding carboxylic acids is 1. The van der Waals surface area contributed by atoms with Crippen LogP contribution in [-0.2, 0) is 6.54 Å². The zero-order chi connectivity index (χ0) is 18.5. The van der Waals surface area contributed by atoms with Crippen molar-refractivity contribution < 1.29 is 9.72 Å². The number of nitro benzene ring substituents is 1. The van der Waals surface area contributed by atoms with Crippen molar-refractivity contribution in [3.8, 4) is 5.82 Å². The number of nitrogens with one attached hydrogen (secondary N) is 1. The Balaban J connectivity index is 1.62. The molecule has 2 aromatic heterocycles. The lowest BCUT2D eigenvalue weighted by atomic mass is 10.2. The summed E-state index contributed by atoms with van der Waals surface area (Å²) >= 11 is 0. The highest BCUT2D eigenvalue weighted by Crippen LogP contribution is 2.11. The van der Waals surface area contributed by atoms with Crippen LogP contribution in [0.25, 0.3) is 5.82 Å². The van der Waals surface area contributed by atoms with E-state index in [0.29, 0.717) is 11.4 Å². The first-order valence-electron chi connectivity index (χ1n) is 7.65. The molecule has 1 amide bonds. The molecule has 0 aliphatic heterocycles. The SMILES string of the molecule is O=C(NCCn1nc(-n2cccn2)ccc1=O)c1ccc([N+](=O)[O-])cc1. The van der Waals surface area contributed by atoms with Crippen molar-refractivity contribution in [3.05, 3.63) is 80.9 Å². The van der Waals surface area contributed by atoms with Crippen LogP contribution in [-0.4, -0.2) is 36.9 Å². The van der Waals surface area contributed by atoms with Gasteiger partial charge in [0.25, 0.3) is 17.2 Å². The third-order valence-electron chi connectivity index (χ3n) is 3.54. The van der Waals surface area contributed by atoms with Gasteiger partial charge in [-0.2, -0.15) is 5.10 Å². The number of aromatic nitrogens is 4. The molecule has 3 rings (SSSR count). The lowest BCUT2D eigenvalue weighted by Crippen LogP contribution is -2.32. The van der Waals surface area contributed by atoms with Gasteiger partial charge in [-0.1, -0.05) is 0 Å². The second-order valence-corrected chi connectivity index (χ2v) is 5.26. The molecule has 0 unspecified atom stereocenters. The van der Waals surface area contributed by atoms with E-state index in [0.717, 1.165) is 0 Å². The van der Waals surface area contributed by atoms with Gasteiger partial charge in [-0.15, -0.1) is 5.10 Å². The number of rotatable bonds is 6. The Bertz CT molecular complexity index is 979. The fourth-order valence-corrected chi connectivity index (χ4v) is 2.24. The fourth-order valence-electron chi connectivity index (χ4n) is 2.24. The lowest BCUT2D eigenvalue weighted by Gasteiger charge is -2.08. The topological polar surface area (TPSA) is 125 Å². The first-order chi connectivity index (χ1) is 12.5. The summed E-state index contributed by atoms with van der Waals surface area (Å²) in [6.07, 6.45) is 3.30. The van der Waals surface area contributed by atoms with Crippen molar-refractivity contribution in [2.45, 2.75) is 6.54 Å². The zero-order valence-corrected chi connectivity index (χ0v) is 13.5. The maximum absolute atomic E-state index is 12.1. The van der Waals surface area contributed by atoms with Gasteiger partial charge in [-0.25, -0.2) is 9.36 Å². The number of benzene rings is 1. The molecule has 1 N–H and O–H groups in total. The van der Waals surface area contributed by atoms with E-state index >= 15 is 0 Å². The number of amides is 1. The van der Waals surface area contributed by atoms with Crippen molar-refractivity contribution >= 4 is 11.6 Å². The molecule has 2 heterocycles. The standard InChI is InChI=1S/C16H14N6O4/c23-15-7-6-14(20-10-1-8-18-20)19-21(15)11-9-17-16(24)12-2-4-13(5-3-12)22(25)26/h1-8,10H,9,11H2,(H,17,24). The first-order valence-corrected chi connectivity index (χ1v) is 7.65. The van der Waals surface area contributed by atoms with Crippen LogP contribution in [0, 0.1) is 10.1 Å². The largest absolute Gasteiger partial charge is 0.350 e. The van der Waals surface area contributed by atoms with Gasteiger partial charge in [0.05, 0.1) is 11.5 Å². The molecule has 0 saturated carbocycles. The fraction of sp³-hybridized carbons (Fsp3) is 0.125. The smallest absolute Gasteiger partial charge is 0.269 e. The monoisotopic (exact) mass is 354 g/mol. The Kier molecular flexibility index (Phi) is 4.83. The van der Waals surface area contributed by atoms with E-state index in [1.54, 1.807) is 24.5 Å². The summed E-state index contributed by atoms with van der Waals surface area (Å²) < 4.78 is 2.75. The Hall–Kier alpha value is -3.82. The van der Waals surface area contributed by atoms with Crippen molar-refractivity contribution in [2.75, 3.05) is 6.54 Å². The minimum absolute atomic E-state index is 0.0901.